The monoisotopic (exact) mass is 333 g/mol. The molecule has 2 bridgehead atoms. The van der Waals surface area contributed by atoms with E-state index in [9.17, 15) is 9.59 Å². The van der Waals surface area contributed by atoms with Crippen molar-refractivity contribution in [3.8, 4) is 5.69 Å². The Morgan fingerprint density at radius 3 is 1.92 bits per heavy atom. The molecule has 1 aromatic heterocycles. The van der Waals surface area contributed by atoms with Crippen LogP contribution in [0.2, 0.25) is 0 Å². The van der Waals surface area contributed by atoms with E-state index in [4.69, 9.17) is 0 Å². The van der Waals surface area contributed by atoms with Crippen molar-refractivity contribution < 1.29 is 0 Å². The quantitative estimate of drug-likeness (QED) is 0.801. The maximum absolute atomic E-state index is 13.3. The fourth-order valence-electron chi connectivity index (χ4n) is 9.09. The lowest BCUT2D eigenvalue weighted by molar-refractivity contribution is -0.0241. The largest absolute Gasteiger partial charge is 0.352 e. The molecule has 0 amide bonds. The minimum atomic E-state index is -0.101. The summed E-state index contributed by atoms with van der Waals surface area (Å²) in [6, 6.07) is 10.1. The van der Waals surface area contributed by atoms with Crippen LogP contribution in [0.5, 0.6) is 0 Å². The molecule has 7 aliphatic rings. The molecule has 2 unspecified atom stereocenters. The Morgan fingerprint density at radius 1 is 0.800 bits per heavy atom. The number of rotatable bonds is 1. The second-order valence-electron chi connectivity index (χ2n) is 9.31. The summed E-state index contributed by atoms with van der Waals surface area (Å²) in [6.07, 6.45) is 5.19. The molecule has 5 nitrogen and oxygen atoms in total. The van der Waals surface area contributed by atoms with Crippen molar-refractivity contribution in [1.82, 2.24) is 13.9 Å². The Labute approximate surface area is 143 Å². The third kappa shape index (κ3) is 0.876. The van der Waals surface area contributed by atoms with E-state index < -0.39 is 0 Å². The summed E-state index contributed by atoms with van der Waals surface area (Å²) in [6.45, 7) is 0. The summed E-state index contributed by atoms with van der Waals surface area (Å²) in [5.74, 6) is 3.03. The van der Waals surface area contributed by atoms with Gasteiger partial charge in [-0.25, -0.2) is 23.5 Å². The molecule has 0 radical (unpaired) electrons. The van der Waals surface area contributed by atoms with Gasteiger partial charge in [-0.3, -0.25) is 0 Å². The number of hydrogen-bond acceptors (Lipinski definition) is 2. The van der Waals surface area contributed by atoms with Crippen LogP contribution in [0.4, 0.5) is 0 Å². The molecule has 5 saturated carbocycles. The fraction of sp³-hybridized carbons (Fsp3) is 0.600. The summed E-state index contributed by atoms with van der Waals surface area (Å²) >= 11 is 0. The highest BCUT2D eigenvalue weighted by molar-refractivity contribution is 5.49. The van der Waals surface area contributed by atoms with Crippen molar-refractivity contribution >= 4 is 0 Å². The van der Waals surface area contributed by atoms with Crippen molar-refractivity contribution in [3.05, 3.63) is 51.3 Å². The Balaban J connectivity index is 1.47. The lowest BCUT2D eigenvalue weighted by Gasteiger charge is -2.50. The van der Waals surface area contributed by atoms with E-state index in [2.05, 4.69) is 0 Å². The van der Waals surface area contributed by atoms with Crippen molar-refractivity contribution in [2.45, 2.75) is 37.8 Å². The first-order chi connectivity index (χ1) is 12.2. The predicted octanol–water partition coefficient (Wildman–Crippen LogP) is 1.96. The Bertz CT molecular complexity index is 1040. The van der Waals surface area contributed by atoms with Crippen molar-refractivity contribution in [2.24, 2.45) is 34.5 Å². The summed E-state index contributed by atoms with van der Waals surface area (Å²) < 4.78 is 5.28. The Morgan fingerprint density at radius 2 is 1.36 bits per heavy atom. The van der Waals surface area contributed by atoms with Gasteiger partial charge in [-0.1, -0.05) is 31.0 Å². The summed E-state index contributed by atoms with van der Waals surface area (Å²) in [5, 5.41) is 0. The molecular weight excluding hydrogens is 314 g/mol. The van der Waals surface area contributed by atoms with E-state index in [-0.39, 0.29) is 11.4 Å². The minimum absolute atomic E-state index is 0.101. The minimum Gasteiger partial charge on any atom is -0.245 e. The van der Waals surface area contributed by atoms with E-state index in [0.717, 1.165) is 11.8 Å². The van der Waals surface area contributed by atoms with Crippen LogP contribution in [0.1, 0.15) is 37.8 Å². The van der Waals surface area contributed by atoms with E-state index in [1.165, 1.54) is 30.3 Å². The van der Waals surface area contributed by atoms with Gasteiger partial charge in [0.05, 0.1) is 17.8 Å². The Kier molecular flexibility index (Phi) is 1.58. The number of para-hydroxylation sites is 1. The zero-order chi connectivity index (χ0) is 16.3. The molecule has 25 heavy (non-hydrogen) atoms. The molecule has 5 aliphatic carbocycles. The fourth-order valence-corrected chi connectivity index (χ4v) is 9.09. The van der Waals surface area contributed by atoms with Gasteiger partial charge in [0, 0.05) is 10.8 Å². The predicted molar refractivity (Wildman–Crippen MR) is 89.7 cm³/mol. The van der Waals surface area contributed by atoms with Crippen LogP contribution >= 0.6 is 0 Å². The van der Waals surface area contributed by atoms with Crippen LogP contribution < -0.4 is 11.4 Å². The molecule has 9 rings (SSSR count). The third-order valence-electron chi connectivity index (χ3n) is 9.23. The number of nitrogens with zero attached hydrogens (tertiary/aromatic N) is 3. The summed E-state index contributed by atoms with van der Waals surface area (Å²) in [7, 11) is 0. The molecule has 3 heterocycles. The number of hydrogen-bond donors (Lipinski definition) is 0. The molecule has 126 valence electrons. The molecule has 5 heteroatoms. The van der Waals surface area contributed by atoms with Gasteiger partial charge < -0.3 is 0 Å². The van der Waals surface area contributed by atoms with Crippen molar-refractivity contribution in [1.29, 1.82) is 0 Å². The number of benzene rings is 1. The molecule has 8 atom stereocenters. The van der Waals surface area contributed by atoms with E-state index in [0.29, 0.717) is 40.4 Å². The van der Waals surface area contributed by atoms with Gasteiger partial charge >= 0.3 is 11.4 Å². The molecule has 0 saturated heterocycles. The van der Waals surface area contributed by atoms with Gasteiger partial charge in [0.25, 0.3) is 0 Å². The normalized spacial score (nSPS) is 51.2. The smallest absolute Gasteiger partial charge is 0.245 e. The molecular formula is C20H19N3O2. The Hall–Kier alpha value is -2.04. The van der Waals surface area contributed by atoms with Gasteiger partial charge in [-0.2, -0.15) is 0 Å². The van der Waals surface area contributed by atoms with Crippen LogP contribution in [-0.2, 0) is 0 Å². The maximum Gasteiger partial charge on any atom is 0.352 e. The average molecular weight is 333 g/mol. The van der Waals surface area contributed by atoms with Crippen LogP contribution in [-0.4, -0.2) is 13.9 Å². The zero-order valence-electron chi connectivity index (χ0n) is 13.8. The second-order valence-corrected chi connectivity index (χ2v) is 9.31. The summed E-state index contributed by atoms with van der Waals surface area (Å²) in [4.78, 5) is 26.7. The lowest BCUT2D eigenvalue weighted by atomic mass is 9.65. The van der Waals surface area contributed by atoms with E-state index in [1.54, 1.807) is 0 Å². The highest BCUT2D eigenvalue weighted by atomic mass is 16.2. The van der Waals surface area contributed by atoms with Crippen LogP contribution in [0.3, 0.4) is 0 Å². The van der Waals surface area contributed by atoms with Crippen molar-refractivity contribution in [2.75, 3.05) is 0 Å². The van der Waals surface area contributed by atoms with Gasteiger partial charge in [0.2, 0.25) is 0 Å². The first kappa shape index (κ1) is 12.3. The molecule has 2 aliphatic heterocycles. The molecule has 1 aromatic carbocycles. The van der Waals surface area contributed by atoms with Gasteiger partial charge in [-0.15, -0.1) is 0 Å². The molecule has 2 spiro atoms. The average Bonchev–Trinajstić information content (AvgIpc) is 3.41. The van der Waals surface area contributed by atoms with Crippen LogP contribution in [0, 0.1) is 34.5 Å². The first-order valence-electron chi connectivity index (χ1n) is 9.77. The highest BCUT2D eigenvalue weighted by Gasteiger charge is 3.02. The first-order valence-corrected chi connectivity index (χ1v) is 9.77. The van der Waals surface area contributed by atoms with E-state index >= 15 is 0 Å². The lowest BCUT2D eigenvalue weighted by Crippen LogP contribution is -2.53. The van der Waals surface area contributed by atoms with Gasteiger partial charge in [0.1, 0.15) is 0 Å². The van der Waals surface area contributed by atoms with Crippen LogP contribution in [0.15, 0.2) is 39.9 Å². The molecule has 5 fully saturated rings. The van der Waals surface area contributed by atoms with Crippen molar-refractivity contribution in [3.63, 3.8) is 0 Å². The topological polar surface area (TPSA) is 48.9 Å². The zero-order valence-corrected chi connectivity index (χ0v) is 13.8. The third-order valence-corrected chi connectivity index (χ3v) is 9.23. The standard InChI is InChI=1S/C20H19N3O2/c24-17-21(10-6-2-1-3-7-10)18(25)23-16-13-11-12(13)15(22(17)23)19-8-4-5-9-20(16,19)14(11)19/h1-3,6-7,11-16H,4-5,8-9H2/t11?,12-,13+,14?,15-,16-,19+,20-/m1/s1. The molecule has 2 aromatic rings. The second kappa shape index (κ2) is 3.19. The van der Waals surface area contributed by atoms with Crippen LogP contribution in [0.25, 0.3) is 5.69 Å². The summed E-state index contributed by atoms with van der Waals surface area (Å²) in [5.41, 5.74) is 1.25. The highest BCUT2D eigenvalue weighted by Crippen LogP contribution is 3.04. The van der Waals surface area contributed by atoms with Gasteiger partial charge in [-0.05, 0) is 48.6 Å². The number of aromatic nitrogens is 3. The van der Waals surface area contributed by atoms with E-state index in [1.807, 2.05) is 39.7 Å². The van der Waals surface area contributed by atoms with Gasteiger partial charge in [0.15, 0.2) is 0 Å². The SMILES string of the molecule is O=c1n(-c2ccccc2)c(=O)n2n1[C@@H]1[C@@H]3C4C5[C@@]16CCCC[C@]56[C@H]2[C@@H]43. The maximum atomic E-state index is 13.3. The molecule has 0 N–H and O–H groups in total.